The predicted molar refractivity (Wildman–Crippen MR) is 101 cm³/mol. The van der Waals surface area contributed by atoms with Gasteiger partial charge in [-0.3, -0.25) is 0 Å². The van der Waals surface area contributed by atoms with E-state index in [1.807, 2.05) is 24.3 Å². The van der Waals surface area contributed by atoms with Gasteiger partial charge in [-0.25, -0.2) is 15.0 Å². The van der Waals surface area contributed by atoms with Crippen LogP contribution in [0.1, 0.15) is 0 Å². The van der Waals surface area contributed by atoms with Crippen LogP contribution < -0.4 is 20.5 Å². The highest BCUT2D eigenvalue weighted by Gasteiger charge is 2.13. The van der Waals surface area contributed by atoms with Crippen molar-refractivity contribution in [3.05, 3.63) is 48.8 Å². The van der Waals surface area contributed by atoms with Crippen LogP contribution in [0.5, 0.6) is 11.5 Å². The highest BCUT2D eigenvalue weighted by Crippen LogP contribution is 2.32. The van der Waals surface area contributed by atoms with E-state index in [1.165, 1.54) is 6.33 Å². The lowest BCUT2D eigenvalue weighted by Crippen LogP contribution is -2.06. The second kappa shape index (κ2) is 6.79. The van der Waals surface area contributed by atoms with E-state index in [0.29, 0.717) is 40.4 Å². The third-order valence-electron chi connectivity index (χ3n) is 3.96. The summed E-state index contributed by atoms with van der Waals surface area (Å²) in [7, 11) is 3.19. The molecule has 136 valence electrons. The standard InChI is InChI=1S/C18H17N7O2/c1-26-13-7-6-11(8-14(13)27-2)12-9-17-20-10-21-25(17)18(22-12)24-16-5-3-4-15(19)23-16/h3-10H,1-2H3,(H3,19,22,23,24). The van der Waals surface area contributed by atoms with Gasteiger partial charge >= 0.3 is 0 Å². The molecule has 0 aliphatic carbocycles. The largest absolute Gasteiger partial charge is 0.493 e. The molecule has 9 heteroatoms. The predicted octanol–water partition coefficient (Wildman–Crippen LogP) is 2.53. The van der Waals surface area contributed by atoms with Crippen LogP contribution in [-0.4, -0.2) is 38.8 Å². The number of nitrogens with zero attached hydrogens (tertiary/aromatic N) is 5. The van der Waals surface area contributed by atoms with E-state index in [-0.39, 0.29) is 0 Å². The van der Waals surface area contributed by atoms with Crippen molar-refractivity contribution < 1.29 is 9.47 Å². The Balaban J connectivity index is 1.81. The van der Waals surface area contributed by atoms with E-state index in [9.17, 15) is 0 Å². The molecule has 0 saturated carbocycles. The summed E-state index contributed by atoms with van der Waals surface area (Å²) in [4.78, 5) is 13.2. The lowest BCUT2D eigenvalue weighted by atomic mass is 10.1. The normalized spacial score (nSPS) is 10.7. The average Bonchev–Trinajstić information content (AvgIpc) is 3.16. The van der Waals surface area contributed by atoms with Gasteiger partial charge in [0.05, 0.1) is 19.9 Å². The number of fused-ring (bicyclic) bond motifs is 1. The van der Waals surface area contributed by atoms with E-state index in [2.05, 4.69) is 25.4 Å². The van der Waals surface area contributed by atoms with Gasteiger partial charge in [0.15, 0.2) is 17.1 Å². The number of benzene rings is 1. The zero-order valence-electron chi connectivity index (χ0n) is 14.7. The zero-order valence-corrected chi connectivity index (χ0v) is 14.7. The van der Waals surface area contributed by atoms with Gasteiger partial charge < -0.3 is 20.5 Å². The number of ether oxygens (including phenoxy) is 2. The minimum Gasteiger partial charge on any atom is -0.493 e. The fraction of sp³-hybridized carbons (Fsp3) is 0.111. The Morgan fingerprint density at radius 3 is 2.63 bits per heavy atom. The highest BCUT2D eigenvalue weighted by molar-refractivity contribution is 5.69. The number of hydrogen-bond donors (Lipinski definition) is 2. The van der Waals surface area contributed by atoms with Crippen molar-refractivity contribution in [2.45, 2.75) is 0 Å². The van der Waals surface area contributed by atoms with Gasteiger partial charge in [0.1, 0.15) is 18.0 Å². The van der Waals surface area contributed by atoms with E-state index in [4.69, 9.17) is 15.2 Å². The second-order valence-corrected chi connectivity index (χ2v) is 5.64. The first-order valence-electron chi connectivity index (χ1n) is 8.10. The zero-order chi connectivity index (χ0) is 18.8. The van der Waals surface area contributed by atoms with Crippen molar-refractivity contribution in [1.82, 2.24) is 24.6 Å². The number of nitrogens with one attached hydrogen (secondary N) is 1. The summed E-state index contributed by atoms with van der Waals surface area (Å²) in [5.41, 5.74) is 7.94. The molecule has 4 aromatic rings. The summed E-state index contributed by atoms with van der Waals surface area (Å²) in [6.45, 7) is 0. The van der Waals surface area contributed by atoms with Crippen molar-refractivity contribution in [3.8, 4) is 22.8 Å². The van der Waals surface area contributed by atoms with Crippen molar-refractivity contribution in [2.24, 2.45) is 0 Å². The summed E-state index contributed by atoms with van der Waals surface area (Å²) >= 11 is 0. The van der Waals surface area contributed by atoms with Gasteiger partial charge in [-0.2, -0.15) is 9.61 Å². The molecule has 4 rings (SSSR count). The minimum absolute atomic E-state index is 0.408. The Bertz CT molecular complexity index is 1110. The van der Waals surface area contributed by atoms with Crippen LogP contribution in [0, 0.1) is 0 Å². The summed E-state index contributed by atoms with van der Waals surface area (Å²) in [6, 6.07) is 12.7. The number of aromatic nitrogens is 5. The van der Waals surface area contributed by atoms with E-state index < -0.39 is 0 Å². The van der Waals surface area contributed by atoms with Gasteiger partial charge in [0.25, 0.3) is 0 Å². The lowest BCUT2D eigenvalue weighted by molar-refractivity contribution is 0.355. The Morgan fingerprint density at radius 1 is 1.00 bits per heavy atom. The molecule has 0 aliphatic heterocycles. The fourth-order valence-electron chi connectivity index (χ4n) is 2.69. The van der Waals surface area contributed by atoms with Gasteiger partial charge in [-0.05, 0) is 30.3 Å². The van der Waals surface area contributed by atoms with Gasteiger partial charge in [-0.15, -0.1) is 0 Å². The quantitative estimate of drug-likeness (QED) is 0.556. The van der Waals surface area contributed by atoms with Crippen LogP contribution in [0.4, 0.5) is 17.6 Å². The Kier molecular flexibility index (Phi) is 4.17. The van der Waals surface area contributed by atoms with Crippen molar-refractivity contribution >= 4 is 23.2 Å². The molecule has 3 N–H and O–H groups in total. The third kappa shape index (κ3) is 3.17. The maximum Gasteiger partial charge on any atom is 0.232 e. The average molecular weight is 363 g/mol. The maximum absolute atomic E-state index is 5.75. The van der Waals surface area contributed by atoms with Crippen molar-refractivity contribution in [1.29, 1.82) is 0 Å². The molecule has 3 heterocycles. The van der Waals surface area contributed by atoms with E-state index >= 15 is 0 Å². The van der Waals surface area contributed by atoms with Crippen LogP contribution in [0.25, 0.3) is 16.9 Å². The van der Waals surface area contributed by atoms with Crippen LogP contribution in [-0.2, 0) is 0 Å². The number of pyridine rings is 1. The summed E-state index contributed by atoms with van der Waals surface area (Å²) in [6.07, 6.45) is 1.47. The first-order chi connectivity index (χ1) is 13.2. The summed E-state index contributed by atoms with van der Waals surface area (Å²) in [5.74, 6) is 2.69. The number of anilines is 3. The minimum atomic E-state index is 0.408. The molecule has 1 aromatic carbocycles. The van der Waals surface area contributed by atoms with Crippen LogP contribution in [0.15, 0.2) is 48.8 Å². The number of nitrogens with two attached hydrogens (primary N) is 1. The molecule has 0 saturated heterocycles. The Labute approximate surface area is 154 Å². The first kappa shape index (κ1) is 16.6. The molecule has 27 heavy (non-hydrogen) atoms. The Morgan fingerprint density at radius 2 is 1.85 bits per heavy atom. The molecule has 3 aromatic heterocycles. The number of hydrogen-bond acceptors (Lipinski definition) is 8. The van der Waals surface area contributed by atoms with Crippen molar-refractivity contribution in [3.63, 3.8) is 0 Å². The Hall–Kier alpha value is -3.88. The first-order valence-corrected chi connectivity index (χ1v) is 8.10. The number of rotatable bonds is 5. The number of nitrogen functional groups attached to an aromatic ring is 1. The molecule has 0 fully saturated rings. The van der Waals surface area contributed by atoms with Crippen LogP contribution >= 0.6 is 0 Å². The van der Waals surface area contributed by atoms with Gasteiger partial charge in [-0.1, -0.05) is 6.07 Å². The van der Waals surface area contributed by atoms with Crippen LogP contribution in [0.2, 0.25) is 0 Å². The molecule has 0 bridgehead atoms. The number of methoxy groups -OCH3 is 2. The third-order valence-corrected chi connectivity index (χ3v) is 3.96. The second-order valence-electron chi connectivity index (χ2n) is 5.64. The highest BCUT2D eigenvalue weighted by atomic mass is 16.5. The molecule has 0 aliphatic rings. The van der Waals surface area contributed by atoms with E-state index in [0.717, 1.165) is 5.56 Å². The molecular weight excluding hydrogens is 346 g/mol. The molecule has 0 amide bonds. The molecule has 0 spiro atoms. The van der Waals surface area contributed by atoms with Gasteiger partial charge in [0.2, 0.25) is 5.95 Å². The molecule has 9 nitrogen and oxygen atoms in total. The molecule has 0 atom stereocenters. The monoisotopic (exact) mass is 363 g/mol. The van der Waals surface area contributed by atoms with Crippen LogP contribution in [0.3, 0.4) is 0 Å². The summed E-state index contributed by atoms with van der Waals surface area (Å²) < 4.78 is 12.3. The molecular formula is C18H17N7O2. The topological polar surface area (TPSA) is 112 Å². The smallest absolute Gasteiger partial charge is 0.232 e. The molecule has 0 radical (unpaired) electrons. The fourth-order valence-corrected chi connectivity index (χ4v) is 2.69. The SMILES string of the molecule is COc1ccc(-c2cc3ncnn3c(Nc3cccc(N)n3)n2)cc1OC. The summed E-state index contributed by atoms with van der Waals surface area (Å²) in [5, 5.41) is 7.35. The molecule has 0 unspecified atom stereocenters. The lowest BCUT2D eigenvalue weighted by Gasteiger charge is -2.11. The van der Waals surface area contributed by atoms with Crippen molar-refractivity contribution in [2.75, 3.05) is 25.3 Å². The van der Waals surface area contributed by atoms with Gasteiger partial charge in [0, 0.05) is 11.6 Å². The maximum atomic E-state index is 5.75. The van der Waals surface area contributed by atoms with E-state index in [1.54, 1.807) is 36.9 Å².